The minimum Gasteiger partial charge on any atom is -0.481 e. The average Bonchev–Trinajstić information content (AvgIpc) is 2.63. The third kappa shape index (κ3) is 3.99. The van der Waals surface area contributed by atoms with Crippen LogP contribution >= 0.6 is 0 Å². The highest BCUT2D eigenvalue weighted by molar-refractivity contribution is 5.76. The molecule has 0 spiro atoms. The van der Waals surface area contributed by atoms with E-state index in [0.717, 1.165) is 38.8 Å². The van der Waals surface area contributed by atoms with Crippen LogP contribution in [0.2, 0.25) is 0 Å². The fourth-order valence-corrected chi connectivity index (χ4v) is 4.27. The van der Waals surface area contributed by atoms with Gasteiger partial charge in [-0.3, -0.25) is 19.8 Å². The highest BCUT2D eigenvalue weighted by Gasteiger charge is 2.40. The lowest BCUT2D eigenvalue weighted by Gasteiger charge is -2.43. The number of morpholine rings is 1. The third-order valence-electron chi connectivity index (χ3n) is 5.45. The lowest BCUT2D eigenvalue weighted by Crippen LogP contribution is -2.50. The van der Waals surface area contributed by atoms with Crippen molar-refractivity contribution in [2.45, 2.75) is 37.6 Å². The first-order valence-electron chi connectivity index (χ1n) is 8.87. The molecule has 1 saturated carbocycles. The van der Waals surface area contributed by atoms with Gasteiger partial charge in [-0.2, -0.15) is 0 Å². The van der Waals surface area contributed by atoms with Crippen LogP contribution in [-0.2, 0) is 9.53 Å². The van der Waals surface area contributed by atoms with Gasteiger partial charge in [0.25, 0.3) is 5.69 Å². The molecule has 3 rings (SSSR count). The summed E-state index contributed by atoms with van der Waals surface area (Å²) in [7, 11) is 0. The molecule has 136 valence electrons. The third-order valence-corrected chi connectivity index (χ3v) is 5.45. The molecule has 0 amide bonds. The zero-order valence-electron chi connectivity index (χ0n) is 14.2. The number of hydrogen-bond donors (Lipinski definition) is 1. The van der Waals surface area contributed by atoms with Gasteiger partial charge in [-0.1, -0.05) is 25.0 Å². The Balaban J connectivity index is 1.86. The first kappa shape index (κ1) is 17.8. The van der Waals surface area contributed by atoms with Crippen molar-refractivity contribution in [2.24, 2.45) is 5.92 Å². The van der Waals surface area contributed by atoms with E-state index in [1.807, 2.05) is 0 Å². The topological polar surface area (TPSA) is 92.9 Å². The number of nitro groups is 1. The minimum atomic E-state index is -0.848. The minimum absolute atomic E-state index is 0.0127. The van der Waals surface area contributed by atoms with E-state index < -0.39 is 16.8 Å². The fraction of sp³-hybridized carbons (Fsp3) is 0.611. The lowest BCUT2D eigenvalue weighted by atomic mass is 9.73. The second-order valence-electron chi connectivity index (χ2n) is 6.83. The van der Waals surface area contributed by atoms with Crippen LogP contribution in [0.25, 0.3) is 0 Å². The predicted octanol–water partition coefficient (Wildman–Crippen LogP) is 2.65. The summed E-state index contributed by atoms with van der Waals surface area (Å²) >= 11 is 0. The summed E-state index contributed by atoms with van der Waals surface area (Å²) in [5.41, 5.74) is 0.643. The van der Waals surface area contributed by atoms with Crippen LogP contribution in [0.15, 0.2) is 24.3 Å². The molecule has 1 saturated heterocycles. The predicted molar refractivity (Wildman–Crippen MR) is 91.6 cm³/mol. The molecule has 3 unspecified atom stereocenters. The Labute approximate surface area is 146 Å². The summed E-state index contributed by atoms with van der Waals surface area (Å²) in [6.45, 7) is 3.07. The summed E-state index contributed by atoms with van der Waals surface area (Å²) in [5, 5.41) is 20.7. The van der Waals surface area contributed by atoms with Crippen LogP contribution in [0.4, 0.5) is 5.69 Å². The van der Waals surface area contributed by atoms with Gasteiger partial charge in [-0.25, -0.2) is 0 Å². The molecule has 1 heterocycles. The number of carboxylic acids is 1. The molecular weight excluding hydrogens is 324 g/mol. The van der Waals surface area contributed by atoms with E-state index in [1.165, 1.54) is 12.1 Å². The molecule has 7 heteroatoms. The summed E-state index contributed by atoms with van der Waals surface area (Å²) < 4.78 is 5.43. The average molecular weight is 348 g/mol. The van der Waals surface area contributed by atoms with E-state index >= 15 is 0 Å². The van der Waals surface area contributed by atoms with E-state index in [0.29, 0.717) is 18.8 Å². The van der Waals surface area contributed by atoms with Crippen molar-refractivity contribution in [3.63, 3.8) is 0 Å². The Morgan fingerprint density at radius 1 is 1.20 bits per heavy atom. The second-order valence-corrected chi connectivity index (χ2v) is 6.83. The maximum absolute atomic E-state index is 12.1. The zero-order chi connectivity index (χ0) is 17.8. The summed E-state index contributed by atoms with van der Waals surface area (Å²) in [6.07, 6.45) is 4.02. The van der Waals surface area contributed by atoms with Gasteiger partial charge in [0, 0.05) is 31.3 Å². The Hall–Kier alpha value is -1.99. The Bertz CT molecular complexity index is 612. The van der Waals surface area contributed by atoms with Crippen molar-refractivity contribution in [3.05, 3.63) is 39.9 Å². The van der Waals surface area contributed by atoms with Crippen molar-refractivity contribution in [1.29, 1.82) is 0 Å². The molecule has 25 heavy (non-hydrogen) atoms. The number of carbonyl (C=O) groups is 1. The molecule has 1 aromatic carbocycles. The summed E-state index contributed by atoms with van der Waals surface area (Å²) in [5.74, 6) is -1.46. The number of ether oxygens (including phenoxy) is 1. The maximum atomic E-state index is 12.1. The molecule has 1 N–H and O–H groups in total. The number of benzene rings is 1. The van der Waals surface area contributed by atoms with Crippen LogP contribution in [0.3, 0.4) is 0 Å². The van der Waals surface area contributed by atoms with Gasteiger partial charge in [-0.15, -0.1) is 0 Å². The molecular formula is C18H24N2O5. The van der Waals surface area contributed by atoms with Crippen molar-refractivity contribution >= 4 is 11.7 Å². The highest BCUT2D eigenvalue weighted by Crippen LogP contribution is 2.39. The maximum Gasteiger partial charge on any atom is 0.311 e. The quantitative estimate of drug-likeness (QED) is 0.649. The van der Waals surface area contributed by atoms with Gasteiger partial charge in [0.1, 0.15) is 0 Å². The van der Waals surface area contributed by atoms with Crippen molar-refractivity contribution in [3.8, 4) is 0 Å². The van der Waals surface area contributed by atoms with Gasteiger partial charge in [-0.05, 0) is 24.3 Å². The zero-order valence-corrected chi connectivity index (χ0v) is 14.2. The van der Waals surface area contributed by atoms with E-state index in [1.54, 1.807) is 12.1 Å². The second kappa shape index (κ2) is 7.93. The number of rotatable bonds is 5. The van der Waals surface area contributed by atoms with Gasteiger partial charge >= 0.3 is 5.97 Å². The number of nitro benzene ring substituents is 1. The number of carboxylic acid groups (broad SMARTS) is 1. The van der Waals surface area contributed by atoms with E-state index in [-0.39, 0.29) is 17.6 Å². The van der Waals surface area contributed by atoms with Crippen LogP contribution in [0, 0.1) is 16.0 Å². The largest absolute Gasteiger partial charge is 0.481 e. The van der Waals surface area contributed by atoms with Crippen LogP contribution in [-0.4, -0.2) is 53.2 Å². The monoisotopic (exact) mass is 348 g/mol. The summed E-state index contributed by atoms with van der Waals surface area (Å²) in [4.78, 5) is 24.8. The smallest absolute Gasteiger partial charge is 0.311 e. The molecule has 1 aliphatic carbocycles. The van der Waals surface area contributed by atoms with Crippen LogP contribution in [0.1, 0.15) is 37.2 Å². The molecule has 3 atom stereocenters. The highest BCUT2D eigenvalue weighted by atomic mass is 16.6. The SMILES string of the molecule is O=C(O)C(c1ccc([N+](=O)[O-])cc1)C1CCCCC1N1CCOCC1. The molecule has 2 fully saturated rings. The summed E-state index contributed by atoms with van der Waals surface area (Å²) in [6, 6.07) is 6.23. The van der Waals surface area contributed by atoms with E-state index in [2.05, 4.69) is 4.90 Å². The van der Waals surface area contributed by atoms with Crippen molar-refractivity contribution in [2.75, 3.05) is 26.3 Å². The molecule has 1 aromatic rings. The van der Waals surface area contributed by atoms with Gasteiger partial charge < -0.3 is 9.84 Å². The fourth-order valence-electron chi connectivity index (χ4n) is 4.27. The molecule has 1 aliphatic heterocycles. The molecule has 0 aromatic heterocycles. The van der Waals surface area contributed by atoms with Crippen LogP contribution < -0.4 is 0 Å². The molecule has 0 radical (unpaired) electrons. The molecule has 0 bridgehead atoms. The Morgan fingerprint density at radius 3 is 2.44 bits per heavy atom. The van der Waals surface area contributed by atoms with Crippen molar-refractivity contribution < 1.29 is 19.6 Å². The standard InChI is InChI=1S/C18H24N2O5/c21-18(22)17(13-5-7-14(8-6-13)20(23)24)15-3-1-2-4-16(15)19-9-11-25-12-10-19/h5-8,15-17H,1-4,9-12H2,(H,21,22). The van der Waals surface area contributed by atoms with E-state index in [9.17, 15) is 20.0 Å². The number of aliphatic carboxylic acids is 1. The number of nitrogens with zero attached hydrogens (tertiary/aromatic N) is 2. The first-order chi connectivity index (χ1) is 12.1. The lowest BCUT2D eigenvalue weighted by molar-refractivity contribution is -0.384. The number of non-ortho nitro benzene ring substituents is 1. The molecule has 2 aliphatic rings. The van der Waals surface area contributed by atoms with Gasteiger partial charge in [0.15, 0.2) is 0 Å². The van der Waals surface area contributed by atoms with E-state index in [4.69, 9.17) is 4.74 Å². The number of hydrogen-bond acceptors (Lipinski definition) is 5. The first-order valence-corrected chi connectivity index (χ1v) is 8.87. The van der Waals surface area contributed by atoms with Crippen LogP contribution in [0.5, 0.6) is 0 Å². The van der Waals surface area contributed by atoms with Crippen molar-refractivity contribution in [1.82, 2.24) is 4.90 Å². The van der Waals surface area contributed by atoms with Gasteiger partial charge in [0.05, 0.1) is 24.1 Å². The van der Waals surface area contributed by atoms with Gasteiger partial charge in [0.2, 0.25) is 0 Å². The Morgan fingerprint density at radius 2 is 1.84 bits per heavy atom. The molecule has 7 nitrogen and oxygen atoms in total. The Kier molecular flexibility index (Phi) is 5.65. The normalized spacial score (nSPS) is 26.1.